The van der Waals surface area contributed by atoms with Gasteiger partial charge in [-0.15, -0.1) is 21.5 Å². The standard InChI is InChI=1S/C33H35FN6O4S/c1-2-29(41)40-13-8-25(20-40)44-33(42)37-12-15-43-14-11-36-28-18-24(34)5-6-26(28)31-32-27(9-16-45-32)30(38-39-31)22-3-4-23-19-35-10-7-21(23)17-22/h2-6,9,16-18,25,35-36H,1,7-8,10-15,19-20H2,(H,37,42)/t25-/m0/s1. The van der Waals surface area contributed by atoms with Crippen molar-refractivity contribution in [3.8, 4) is 22.5 Å². The first-order valence-electron chi connectivity index (χ1n) is 15.0. The van der Waals surface area contributed by atoms with Crippen LogP contribution in [0.5, 0.6) is 0 Å². The molecule has 12 heteroatoms. The number of halogens is 1. The van der Waals surface area contributed by atoms with Crippen LogP contribution in [0.3, 0.4) is 0 Å². The second kappa shape index (κ2) is 14.1. The van der Waals surface area contributed by atoms with Gasteiger partial charge in [0.05, 0.1) is 24.5 Å². The number of nitrogens with zero attached hydrogens (tertiary/aromatic N) is 3. The van der Waals surface area contributed by atoms with Crippen molar-refractivity contribution in [2.75, 3.05) is 51.3 Å². The van der Waals surface area contributed by atoms with Crippen molar-refractivity contribution in [2.24, 2.45) is 0 Å². The van der Waals surface area contributed by atoms with Crippen molar-refractivity contribution < 1.29 is 23.5 Å². The van der Waals surface area contributed by atoms with Gasteiger partial charge in [-0.25, -0.2) is 9.18 Å². The zero-order chi connectivity index (χ0) is 31.2. The van der Waals surface area contributed by atoms with Gasteiger partial charge in [0, 0.05) is 54.8 Å². The monoisotopic (exact) mass is 630 g/mol. The molecule has 2 aromatic carbocycles. The molecule has 45 heavy (non-hydrogen) atoms. The number of amides is 2. The second-order valence-electron chi connectivity index (χ2n) is 10.9. The SMILES string of the molecule is C=CC(=O)N1CC[C@H](OC(=O)NCCOCCNc2cc(F)ccc2-c2nnc(-c3ccc4c(c3)CCNC4)c3ccsc23)C1. The number of hydrogen-bond donors (Lipinski definition) is 3. The Morgan fingerprint density at radius 3 is 2.87 bits per heavy atom. The van der Waals surface area contributed by atoms with E-state index >= 15 is 0 Å². The van der Waals surface area contributed by atoms with Gasteiger partial charge in [0.2, 0.25) is 5.91 Å². The second-order valence-corrected chi connectivity index (χ2v) is 11.8. The zero-order valence-corrected chi connectivity index (χ0v) is 25.6. The Morgan fingerprint density at radius 2 is 1.98 bits per heavy atom. The molecule has 0 spiro atoms. The first-order valence-corrected chi connectivity index (χ1v) is 15.9. The van der Waals surface area contributed by atoms with Crippen molar-refractivity contribution in [1.29, 1.82) is 0 Å². The van der Waals surface area contributed by atoms with Gasteiger partial charge in [0.15, 0.2) is 0 Å². The predicted molar refractivity (Wildman–Crippen MR) is 173 cm³/mol. The van der Waals surface area contributed by atoms with Crippen LogP contribution in [0, 0.1) is 5.82 Å². The molecule has 0 saturated carbocycles. The fourth-order valence-corrected chi connectivity index (χ4v) is 6.59. The molecule has 234 valence electrons. The van der Waals surface area contributed by atoms with Crippen molar-refractivity contribution in [2.45, 2.75) is 25.5 Å². The average Bonchev–Trinajstić information content (AvgIpc) is 3.74. The number of carbonyl (C=O) groups excluding carboxylic acids is 2. The van der Waals surface area contributed by atoms with E-state index in [1.807, 2.05) is 5.38 Å². The topological polar surface area (TPSA) is 118 Å². The summed E-state index contributed by atoms with van der Waals surface area (Å²) in [4.78, 5) is 25.4. The Balaban J connectivity index is 1.03. The first kappa shape index (κ1) is 30.6. The molecule has 0 bridgehead atoms. The minimum atomic E-state index is -0.546. The fraction of sp³-hybridized carbons (Fsp3) is 0.333. The van der Waals surface area contributed by atoms with Gasteiger partial charge < -0.3 is 30.3 Å². The number of aromatic nitrogens is 2. The third-order valence-corrected chi connectivity index (χ3v) is 8.89. The highest BCUT2D eigenvalue weighted by atomic mass is 32.1. The smallest absolute Gasteiger partial charge is 0.407 e. The molecule has 3 N–H and O–H groups in total. The van der Waals surface area contributed by atoms with Crippen LogP contribution in [0.4, 0.5) is 14.9 Å². The Kier molecular flexibility index (Phi) is 9.63. The van der Waals surface area contributed by atoms with Crippen LogP contribution in [0.25, 0.3) is 32.6 Å². The van der Waals surface area contributed by atoms with E-state index in [1.54, 1.807) is 22.3 Å². The Hall–Kier alpha value is -4.39. The Morgan fingerprint density at radius 1 is 1.11 bits per heavy atom. The maximum atomic E-state index is 14.3. The molecular formula is C33H35FN6O4S. The van der Waals surface area contributed by atoms with Gasteiger partial charge in [-0.1, -0.05) is 18.7 Å². The summed E-state index contributed by atoms with van der Waals surface area (Å²) in [6.07, 6.45) is 1.95. The van der Waals surface area contributed by atoms with Crippen LogP contribution in [0.15, 0.2) is 60.5 Å². The maximum Gasteiger partial charge on any atom is 0.407 e. The normalized spacial score (nSPS) is 15.9. The molecule has 2 aromatic heterocycles. The molecule has 2 aliphatic rings. The summed E-state index contributed by atoms with van der Waals surface area (Å²) in [5.74, 6) is -0.529. The number of hydrogen-bond acceptors (Lipinski definition) is 9. The Bertz CT molecular complexity index is 1710. The van der Waals surface area contributed by atoms with Crippen molar-refractivity contribution >= 4 is 39.1 Å². The highest BCUT2D eigenvalue weighted by Gasteiger charge is 2.27. The van der Waals surface area contributed by atoms with E-state index in [-0.39, 0.29) is 31.0 Å². The number of nitrogens with one attached hydrogen (secondary N) is 3. The highest BCUT2D eigenvalue weighted by molar-refractivity contribution is 7.17. The number of alkyl carbamates (subject to hydrolysis) is 1. The third kappa shape index (κ3) is 7.14. The van der Waals surface area contributed by atoms with E-state index in [2.05, 4.69) is 57.0 Å². The van der Waals surface area contributed by atoms with E-state index < -0.39 is 6.09 Å². The minimum absolute atomic E-state index is 0.168. The number of rotatable bonds is 11. The molecule has 2 amide bonds. The van der Waals surface area contributed by atoms with Crippen LogP contribution in [0.2, 0.25) is 0 Å². The minimum Gasteiger partial charge on any atom is -0.444 e. The lowest BCUT2D eigenvalue weighted by atomic mass is 9.96. The van der Waals surface area contributed by atoms with E-state index in [9.17, 15) is 14.0 Å². The molecule has 4 heterocycles. The van der Waals surface area contributed by atoms with E-state index in [0.717, 1.165) is 46.4 Å². The largest absolute Gasteiger partial charge is 0.444 e. The molecule has 1 atom stereocenters. The molecule has 2 aliphatic heterocycles. The van der Waals surface area contributed by atoms with Gasteiger partial charge >= 0.3 is 6.09 Å². The van der Waals surface area contributed by atoms with Crippen LogP contribution < -0.4 is 16.0 Å². The molecule has 10 nitrogen and oxygen atoms in total. The van der Waals surface area contributed by atoms with Crippen molar-refractivity contribution in [3.05, 3.63) is 77.4 Å². The van der Waals surface area contributed by atoms with Crippen molar-refractivity contribution in [1.82, 2.24) is 25.7 Å². The van der Waals surface area contributed by atoms with Gasteiger partial charge in [-0.2, -0.15) is 0 Å². The quantitative estimate of drug-likeness (QED) is 0.161. The fourth-order valence-electron chi connectivity index (χ4n) is 5.69. The summed E-state index contributed by atoms with van der Waals surface area (Å²) < 4.78 is 26.3. The molecule has 1 fully saturated rings. The molecule has 0 aliphatic carbocycles. The maximum absolute atomic E-state index is 14.3. The van der Waals surface area contributed by atoms with Crippen LogP contribution in [-0.2, 0) is 27.2 Å². The molecule has 0 radical (unpaired) electrons. The molecular weight excluding hydrogens is 595 g/mol. The number of anilines is 1. The van der Waals surface area contributed by atoms with Crippen LogP contribution in [-0.4, -0.2) is 79.1 Å². The van der Waals surface area contributed by atoms with Crippen LogP contribution >= 0.6 is 11.3 Å². The summed E-state index contributed by atoms with van der Waals surface area (Å²) in [5.41, 5.74) is 6.57. The van der Waals surface area contributed by atoms with E-state index in [1.165, 1.54) is 29.3 Å². The van der Waals surface area contributed by atoms with E-state index in [0.29, 0.717) is 44.0 Å². The highest BCUT2D eigenvalue weighted by Crippen LogP contribution is 2.39. The zero-order valence-electron chi connectivity index (χ0n) is 24.8. The number of ether oxygens (including phenoxy) is 2. The number of benzene rings is 2. The van der Waals surface area contributed by atoms with Gasteiger partial charge in [0.1, 0.15) is 23.3 Å². The molecule has 6 rings (SSSR count). The average molecular weight is 631 g/mol. The lowest BCUT2D eigenvalue weighted by molar-refractivity contribution is -0.125. The summed E-state index contributed by atoms with van der Waals surface area (Å²) in [7, 11) is 0. The lowest BCUT2D eigenvalue weighted by Gasteiger charge is -2.18. The van der Waals surface area contributed by atoms with Gasteiger partial charge in [-0.3, -0.25) is 4.79 Å². The van der Waals surface area contributed by atoms with E-state index in [4.69, 9.17) is 9.47 Å². The molecule has 1 saturated heterocycles. The lowest BCUT2D eigenvalue weighted by Crippen LogP contribution is -2.34. The summed E-state index contributed by atoms with van der Waals surface area (Å²) in [5, 5.41) is 21.7. The summed E-state index contributed by atoms with van der Waals surface area (Å²) in [6.45, 7) is 7.53. The number of fused-ring (bicyclic) bond motifs is 2. The predicted octanol–water partition coefficient (Wildman–Crippen LogP) is 4.75. The number of thiophene rings is 1. The van der Waals surface area contributed by atoms with Gasteiger partial charge in [-0.05, 0) is 65.9 Å². The van der Waals surface area contributed by atoms with Crippen LogP contribution in [0.1, 0.15) is 17.5 Å². The first-order chi connectivity index (χ1) is 22.0. The summed E-state index contributed by atoms with van der Waals surface area (Å²) in [6, 6.07) is 13.1. The van der Waals surface area contributed by atoms with Gasteiger partial charge in [0.25, 0.3) is 0 Å². The number of carbonyl (C=O) groups is 2. The number of likely N-dealkylation sites (tertiary alicyclic amines) is 1. The summed E-state index contributed by atoms with van der Waals surface area (Å²) >= 11 is 1.59. The Labute approximate surface area is 264 Å². The van der Waals surface area contributed by atoms with Crippen molar-refractivity contribution in [3.63, 3.8) is 0 Å². The third-order valence-electron chi connectivity index (χ3n) is 7.97. The molecule has 0 unspecified atom stereocenters. The molecule has 4 aromatic rings.